The molecule has 10 nitrogen and oxygen atoms in total. The van der Waals surface area contributed by atoms with Crippen LogP contribution in [-0.4, -0.2) is 48.7 Å². The minimum absolute atomic E-state index is 0.289. The first-order chi connectivity index (χ1) is 13.5. The zero-order chi connectivity index (χ0) is 19.8. The summed E-state index contributed by atoms with van der Waals surface area (Å²) in [6.07, 6.45) is 0. The molecule has 0 aliphatic rings. The molecule has 1 aromatic carbocycles. The molecule has 0 aliphatic carbocycles. The summed E-state index contributed by atoms with van der Waals surface area (Å²) < 4.78 is 8.60. The lowest BCUT2D eigenvalue weighted by Gasteiger charge is -2.09. The van der Waals surface area contributed by atoms with Gasteiger partial charge in [-0.3, -0.25) is 15.6 Å². The number of hydrogen-bond donors (Lipinski definition) is 3. The molecule has 3 aromatic heterocycles. The van der Waals surface area contributed by atoms with E-state index in [1.165, 1.54) is 11.6 Å². The number of aromatic nitrogens is 5. The molecule has 4 rings (SSSR count). The molecule has 0 fully saturated rings. The Labute approximate surface area is 164 Å². The second-order valence-electron chi connectivity index (χ2n) is 5.97. The Hall–Kier alpha value is -3.47. The van der Waals surface area contributed by atoms with Crippen molar-refractivity contribution >= 4 is 45.6 Å². The fraction of sp³-hybridized carbons (Fsp3) is 0.235. The van der Waals surface area contributed by atoms with Crippen molar-refractivity contribution in [2.75, 3.05) is 13.7 Å². The van der Waals surface area contributed by atoms with Crippen LogP contribution in [0.3, 0.4) is 0 Å². The Morgan fingerprint density at radius 2 is 2.04 bits per heavy atom. The van der Waals surface area contributed by atoms with Crippen LogP contribution in [0.15, 0.2) is 24.3 Å². The number of thiocarbonyl (C=S) groups is 1. The van der Waals surface area contributed by atoms with Crippen LogP contribution in [0.25, 0.3) is 22.3 Å². The van der Waals surface area contributed by atoms with Gasteiger partial charge in [-0.25, -0.2) is 9.38 Å². The minimum Gasteiger partial charge on any atom is -0.468 e. The Morgan fingerprint density at radius 1 is 1.25 bits per heavy atom. The van der Waals surface area contributed by atoms with Crippen molar-refractivity contribution in [3.05, 3.63) is 35.7 Å². The molecule has 0 bridgehead atoms. The zero-order valence-corrected chi connectivity index (χ0v) is 16.3. The van der Waals surface area contributed by atoms with E-state index in [0.717, 1.165) is 10.9 Å². The van der Waals surface area contributed by atoms with Gasteiger partial charge in [-0.2, -0.15) is 9.50 Å². The largest absolute Gasteiger partial charge is 0.468 e. The van der Waals surface area contributed by atoms with Crippen LogP contribution in [0.5, 0.6) is 6.01 Å². The third-order valence-electron chi connectivity index (χ3n) is 4.20. The first kappa shape index (κ1) is 17.9. The van der Waals surface area contributed by atoms with Gasteiger partial charge < -0.3 is 10.1 Å². The number of ether oxygens (including phenoxy) is 1. The Balaban J connectivity index is 1.87. The molecule has 11 heteroatoms. The van der Waals surface area contributed by atoms with Gasteiger partial charge in [0, 0.05) is 11.9 Å². The van der Waals surface area contributed by atoms with Gasteiger partial charge in [-0.1, -0.05) is 12.1 Å². The molecule has 28 heavy (non-hydrogen) atoms. The van der Waals surface area contributed by atoms with Gasteiger partial charge in [0.1, 0.15) is 0 Å². The number of para-hydroxylation sites is 1. The number of fused-ring (bicyclic) bond motifs is 5. The molecule has 4 aromatic rings. The van der Waals surface area contributed by atoms with Crippen LogP contribution >= 0.6 is 12.2 Å². The van der Waals surface area contributed by atoms with Crippen molar-refractivity contribution in [2.24, 2.45) is 0 Å². The van der Waals surface area contributed by atoms with Gasteiger partial charge >= 0.3 is 6.01 Å². The van der Waals surface area contributed by atoms with Crippen LogP contribution in [0.4, 0.5) is 0 Å². The van der Waals surface area contributed by atoms with Crippen molar-refractivity contribution < 1.29 is 9.53 Å². The number of nitrogens with one attached hydrogen (secondary N) is 3. The summed E-state index contributed by atoms with van der Waals surface area (Å²) in [5, 5.41) is 8.65. The summed E-state index contributed by atoms with van der Waals surface area (Å²) in [5.41, 5.74) is 7.35. The lowest BCUT2D eigenvalue weighted by molar-refractivity contribution is 0.0936. The molecule has 0 radical (unpaired) electrons. The highest BCUT2D eigenvalue weighted by Crippen LogP contribution is 2.25. The summed E-state index contributed by atoms with van der Waals surface area (Å²) in [5.74, 6) is 0.0203. The molecule has 1 amide bonds. The maximum atomic E-state index is 12.7. The number of carbonyl (C=O) groups is 1. The first-order valence-corrected chi connectivity index (χ1v) is 9.00. The molecule has 0 spiro atoms. The third kappa shape index (κ3) is 2.76. The number of rotatable bonds is 3. The number of hydrogen-bond acceptors (Lipinski definition) is 6. The highest BCUT2D eigenvalue weighted by atomic mass is 32.1. The average molecular weight is 398 g/mol. The van der Waals surface area contributed by atoms with E-state index in [1.807, 2.05) is 31.2 Å². The van der Waals surface area contributed by atoms with Crippen LogP contribution in [0, 0.1) is 6.92 Å². The van der Waals surface area contributed by atoms with Gasteiger partial charge in [-0.15, -0.1) is 5.10 Å². The number of amides is 1. The topological polar surface area (TPSA) is 110 Å². The molecule has 3 N–H and O–H groups in total. The molecule has 0 unspecified atom stereocenters. The highest BCUT2D eigenvalue weighted by molar-refractivity contribution is 7.80. The van der Waals surface area contributed by atoms with Crippen molar-refractivity contribution in [2.45, 2.75) is 13.8 Å². The lowest BCUT2D eigenvalue weighted by Crippen LogP contribution is -2.47. The van der Waals surface area contributed by atoms with E-state index in [4.69, 9.17) is 17.0 Å². The SMILES string of the molecule is CCNC(=S)NNC(=O)c1c(C)nc2n1nc1c3ccccc3nc(OC)n12. The molecule has 0 saturated carbocycles. The second-order valence-corrected chi connectivity index (χ2v) is 6.38. The first-order valence-electron chi connectivity index (χ1n) is 8.59. The quantitative estimate of drug-likeness (QED) is 0.346. The summed E-state index contributed by atoms with van der Waals surface area (Å²) >= 11 is 5.06. The van der Waals surface area contributed by atoms with Crippen LogP contribution in [0.1, 0.15) is 23.1 Å². The number of methoxy groups -OCH3 is 1. The zero-order valence-electron chi connectivity index (χ0n) is 15.5. The monoisotopic (exact) mass is 398 g/mol. The standard InChI is InChI=1S/C17H18N8O2S/c1-4-18-15(28)22-21-14(26)12-9(2)19-16-24-13(23-25(12)16)10-7-5-6-8-11(10)20-17(24)27-3/h5-8H,4H2,1-3H3,(H,21,26)(H2,18,22,28). The molecule has 0 saturated heterocycles. The Kier molecular flexibility index (Phi) is 4.43. The summed E-state index contributed by atoms with van der Waals surface area (Å²) in [6, 6.07) is 7.91. The molecular weight excluding hydrogens is 380 g/mol. The van der Waals surface area contributed by atoms with Crippen molar-refractivity contribution in [3.8, 4) is 6.01 Å². The van der Waals surface area contributed by atoms with E-state index in [1.54, 1.807) is 11.3 Å². The van der Waals surface area contributed by atoms with E-state index in [2.05, 4.69) is 31.2 Å². The van der Waals surface area contributed by atoms with Gasteiger partial charge in [-0.05, 0) is 38.2 Å². The van der Waals surface area contributed by atoms with Crippen molar-refractivity contribution in [1.29, 1.82) is 0 Å². The number of benzene rings is 1. The number of nitrogens with zero attached hydrogens (tertiary/aromatic N) is 5. The fourth-order valence-corrected chi connectivity index (χ4v) is 3.21. The van der Waals surface area contributed by atoms with E-state index >= 15 is 0 Å². The van der Waals surface area contributed by atoms with Gasteiger partial charge in [0.05, 0.1) is 18.3 Å². The maximum Gasteiger partial charge on any atom is 0.305 e. The maximum absolute atomic E-state index is 12.7. The fourth-order valence-electron chi connectivity index (χ4n) is 3.02. The highest BCUT2D eigenvalue weighted by Gasteiger charge is 2.23. The molecule has 0 aliphatic heterocycles. The normalized spacial score (nSPS) is 11.1. The van der Waals surface area contributed by atoms with Crippen molar-refractivity contribution in [3.63, 3.8) is 0 Å². The predicted molar refractivity (Wildman–Crippen MR) is 107 cm³/mol. The average Bonchev–Trinajstić information content (AvgIpc) is 3.20. The number of carbonyl (C=O) groups excluding carboxylic acids is 1. The van der Waals surface area contributed by atoms with Crippen molar-refractivity contribution in [1.82, 2.24) is 40.2 Å². The van der Waals surface area contributed by atoms with Gasteiger partial charge in [0.15, 0.2) is 16.5 Å². The lowest BCUT2D eigenvalue weighted by atomic mass is 10.2. The third-order valence-corrected chi connectivity index (χ3v) is 4.44. The smallest absolute Gasteiger partial charge is 0.305 e. The summed E-state index contributed by atoms with van der Waals surface area (Å²) in [7, 11) is 1.53. The van der Waals surface area contributed by atoms with E-state index < -0.39 is 5.91 Å². The molecule has 0 atom stereocenters. The predicted octanol–water partition coefficient (Wildman–Crippen LogP) is 0.976. The molecular formula is C17H18N8O2S. The molecule has 3 heterocycles. The second kappa shape index (κ2) is 6.93. The summed E-state index contributed by atoms with van der Waals surface area (Å²) in [6.45, 7) is 4.28. The number of imidazole rings is 1. The van der Waals surface area contributed by atoms with Gasteiger partial charge in [0.2, 0.25) is 5.78 Å². The van der Waals surface area contributed by atoms with E-state index in [0.29, 0.717) is 34.8 Å². The van der Waals surface area contributed by atoms with E-state index in [9.17, 15) is 4.79 Å². The van der Waals surface area contributed by atoms with Crippen LogP contribution in [0.2, 0.25) is 0 Å². The van der Waals surface area contributed by atoms with Crippen LogP contribution < -0.4 is 20.9 Å². The van der Waals surface area contributed by atoms with E-state index in [-0.39, 0.29) is 5.69 Å². The summed E-state index contributed by atoms with van der Waals surface area (Å²) in [4.78, 5) is 21.8. The Morgan fingerprint density at radius 3 is 2.79 bits per heavy atom. The van der Waals surface area contributed by atoms with Crippen LogP contribution in [-0.2, 0) is 0 Å². The Bertz CT molecular complexity index is 1230. The molecule has 144 valence electrons. The minimum atomic E-state index is -0.412. The number of hydrazine groups is 1. The number of aryl methyl sites for hydroxylation is 1. The van der Waals surface area contributed by atoms with Gasteiger partial charge in [0.25, 0.3) is 5.91 Å².